The van der Waals surface area contributed by atoms with E-state index in [1.54, 1.807) is 21.3 Å². The lowest BCUT2D eigenvalue weighted by Gasteiger charge is -1.99. The van der Waals surface area contributed by atoms with Crippen LogP contribution >= 0.6 is 0 Å². The van der Waals surface area contributed by atoms with Crippen molar-refractivity contribution in [1.82, 2.24) is 0 Å². The first-order chi connectivity index (χ1) is 13.4. The van der Waals surface area contributed by atoms with E-state index in [0.717, 1.165) is 6.07 Å². The number of halogens is 2. The molecule has 0 spiro atoms. The molecule has 3 N–H and O–H groups in total. The molecule has 1 unspecified atom stereocenters. The minimum absolute atomic E-state index is 0.350. The molecular formula is C19H30F2N2O5. The van der Waals surface area contributed by atoms with Crippen molar-refractivity contribution in [3.05, 3.63) is 42.0 Å². The average molecular weight is 404 g/mol. The number of hydrogen-bond donors (Lipinski definition) is 2. The molecule has 160 valence electrons. The summed E-state index contributed by atoms with van der Waals surface area (Å²) in [4.78, 5) is 27.8. The van der Waals surface area contributed by atoms with Gasteiger partial charge >= 0.3 is 0 Å². The van der Waals surface area contributed by atoms with E-state index in [9.17, 15) is 18.4 Å². The quantitative estimate of drug-likeness (QED) is 0.454. The molecule has 1 aromatic rings. The third kappa shape index (κ3) is 19.7. The Balaban J connectivity index is -0.000000310. The van der Waals surface area contributed by atoms with Gasteiger partial charge in [-0.15, -0.1) is 0 Å². The summed E-state index contributed by atoms with van der Waals surface area (Å²) in [5.41, 5.74) is 5.10. The van der Waals surface area contributed by atoms with Crippen LogP contribution in [0.15, 0.2) is 30.4 Å². The van der Waals surface area contributed by atoms with Gasteiger partial charge < -0.3 is 25.3 Å². The number of nitrogens with two attached hydrogens (primary N) is 1. The van der Waals surface area contributed by atoms with Crippen molar-refractivity contribution in [1.29, 1.82) is 0 Å². The molecule has 28 heavy (non-hydrogen) atoms. The highest BCUT2D eigenvalue weighted by Gasteiger charge is 2.10. The van der Waals surface area contributed by atoms with Crippen molar-refractivity contribution in [3.63, 3.8) is 0 Å². The van der Waals surface area contributed by atoms with Crippen molar-refractivity contribution in [3.8, 4) is 0 Å². The fraction of sp³-hybridized carbons (Fsp3) is 0.421. The first-order valence-corrected chi connectivity index (χ1v) is 8.11. The van der Waals surface area contributed by atoms with Crippen molar-refractivity contribution in [2.75, 3.05) is 33.7 Å². The lowest BCUT2D eigenvalue weighted by molar-refractivity contribution is -0.133. The average Bonchev–Trinajstić information content (AvgIpc) is 3.24. The molecule has 0 saturated carbocycles. The molecule has 1 amide bonds. The number of anilines is 1. The van der Waals surface area contributed by atoms with E-state index in [2.05, 4.69) is 32.7 Å². The first-order valence-electron chi connectivity index (χ1n) is 8.11. The zero-order chi connectivity index (χ0) is 22.4. The van der Waals surface area contributed by atoms with Crippen LogP contribution in [-0.2, 0) is 23.9 Å². The molecule has 1 aromatic carbocycles. The van der Waals surface area contributed by atoms with Crippen molar-refractivity contribution >= 4 is 24.7 Å². The fourth-order valence-electron chi connectivity index (χ4n) is 1.53. The molecule has 1 aliphatic carbocycles. The summed E-state index contributed by atoms with van der Waals surface area (Å²) in [5, 5.41) is 2.63. The summed E-state index contributed by atoms with van der Waals surface area (Å²) < 4.78 is 33.2. The number of primary amides is 1. The molecule has 0 aromatic heterocycles. The third-order valence-electron chi connectivity index (χ3n) is 2.72. The van der Waals surface area contributed by atoms with Crippen LogP contribution < -0.4 is 11.1 Å². The van der Waals surface area contributed by atoms with E-state index in [0.29, 0.717) is 12.0 Å². The summed E-state index contributed by atoms with van der Waals surface area (Å²) in [6, 6.07) is 3.28. The van der Waals surface area contributed by atoms with Gasteiger partial charge in [0.05, 0.1) is 0 Å². The van der Waals surface area contributed by atoms with Crippen LogP contribution in [0.3, 0.4) is 0 Å². The van der Waals surface area contributed by atoms with E-state index in [1.807, 2.05) is 6.79 Å². The Hall–Kier alpha value is -2.65. The lowest BCUT2D eigenvalue weighted by Crippen LogP contribution is -2.31. The molecule has 2 rings (SSSR count). The number of carbonyl (C=O) groups is 3. The van der Waals surface area contributed by atoms with Crippen LogP contribution in [-0.4, -0.2) is 53.5 Å². The van der Waals surface area contributed by atoms with Gasteiger partial charge in [0.2, 0.25) is 0 Å². The number of rotatable bonds is 4. The highest BCUT2D eigenvalue weighted by Crippen LogP contribution is 2.11. The third-order valence-corrected chi connectivity index (χ3v) is 2.72. The number of hydrogen-bond acceptors (Lipinski definition) is 6. The first kappa shape index (κ1) is 30.1. The van der Waals surface area contributed by atoms with E-state index in [4.69, 9.17) is 4.79 Å². The number of amides is 1. The maximum atomic E-state index is 12.3. The van der Waals surface area contributed by atoms with Gasteiger partial charge in [-0.2, -0.15) is 0 Å². The molecule has 0 bridgehead atoms. The fourth-order valence-corrected chi connectivity index (χ4v) is 1.53. The standard InChI is InChI=1S/C7H7F2N.C5H8.C4H7NO3.C2H6O.CH2O/c1-10-7-3-5(8)2-6(9)4-7;1-2-4-5-3-1;1-8-3(2-6)4(5)7;1-3-2;1-2/h2-4,10H,1H3;1-2H,3-5H2;2-3H,1H3,(H2,5,7);1-2H3;1H2. The monoisotopic (exact) mass is 404 g/mol. The molecule has 0 radical (unpaired) electrons. The van der Waals surface area contributed by atoms with Gasteiger partial charge in [0.15, 0.2) is 12.4 Å². The summed E-state index contributed by atoms with van der Waals surface area (Å²) in [6.07, 6.45) is 7.76. The summed E-state index contributed by atoms with van der Waals surface area (Å²) in [6.45, 7) is 2.00. The van der Waals surface area contributed by atoms with E-state index < -0.39 is 23.6 Å². The Morgan fingerprint density at radius 3 is 1.75 bits per heavy atom. The van der Waals surface area contributed by atoms with E-state index in [-0.39, 0.29) is 0 Å². The number of methoxy groups -OCH3 is 2. The molecule has 9 heteroatoms. The van der Waals surface area contributed by atoms with E-state index >= 15 is 0 Å². The van der Waals surface area contributed by atoms with Crippen LogP contribution in [0.2, 0.25) is 0 Å². The number of benzene rings is 1. The van der Waals surface area contributed by atoms with Gasteiger partial charge in [-0.3, -0.25) is 9.59 Å². The molecule has 0 heterocycles. The molecule has 0 saturated heterocycles. The number of allylic oxidation sites excluding steroid dienone is 2. The summed E-state index contributed by atoms with van der Waals surface area (Å²) in [5.74, 6) is -1.89. The Morgan fingerprint density at radius 2 is 1.57 bits per heavy atom. The van der Waals surface area contributed by atoms with Gasteiger partial charge in [-0.05, 0) is 31.4 Å². The number of carbonyl (C=O) groups excluding carboxylic acids is 3. The SMILES string of the molecule is C1=CCCC1.C=O.CNc1cc(F)cc(F)c1.COC.COC(C=O)C(N)=O. The predicted molar refractivity (Wildman–Crippen MR) is 105 cm³/mol. The highest BCUT2D eigenvalue weighted by atomic mass is 19.1. The molecule has 7 nitrogen and oxygen atoms in total. The molecular weight excluding hydrogens is 374 g/mol. The summed E-state index contributed by atoms with van der Waals surface area (Å²) in [7, 11) is 6.10. The topological polar surface area (TPSA) is 108 Å². The minimum Gasteiger partial charge on any atom is -0.388 e. The number of nitrogens with one attached hydrogen (secondary N) is 1. The molecule has 0 fully saturated rings. The normalized spacial score (nSPS) is 11.5. The van der Waals surface area contributed by atoms with Gasteiger partial charge in [0.25, 0.3) is 5.91 Å². The molecule has 1 aliphatic rings. The van der Waals surface area contributed by atoms with Gasteiger partial charge in [0.1, 0.15) is 18.4 Å². The van der Waals surface area contributed by atoms with Crippen LogP contribution in [0.4, 0.5) is 14.5 Å². The van der Waals surface area contributed by atoms with Crippen molar-refractivity contribution in [2.24, 2.45) is 5.73 Å². The van der Waals surface area contributed by atoms with Crippen LogP contribution in [0, 0.1) is 11.6 Å². The smallest absolute Gasteiger partial charge is 0.253 e. The predicted octanol–water partition coefficient (Wildman–Crippen LogP) is 2.50. The summed E-state index contributed by atoms with van der Waals surface area (Å²) >= 11 is 0. The maximum Gasteiger partial charge on any atom is 0.253 e. The van der Waals surface area contributed by atoms with Crippen molar-refractivity contribution in [2.45, 2.75) is 25.4 Å². The number of aldehydes is 1. The van der Waals surface area contributed by atoms with E-state index in [1.165, 1.54) is 38.5 Å². The molecule has 1 atom stereocenters. The second kappa shape index (κ2) is 22.4. The minimum atomic E-state index is -1.09. The van der Waals surface area contributed by atoms with Gasteiger partial charge in [0, 0.05) is 40.1 Å². The highest BCUT2D eigenvalue weighted by molar-refractivity contribution is 5.93. The van der Waals surface area contributed by atoms with Crippen LogP contribution in [0.25, 0.3) is 0 Å². The van der Waals surface area contributed by atoms with Gasteiger partial charge in [-0.1, -0.05) is 12.2 Å². The largest absolute Gasteiger partial charge is 0.388 e. The van der Waals surface area contributed by atoms with Crippen LogP contribution in [0.1, 0.15) is 19.3 Å². The second-order valence-corrected chi connectivity index (χ2v) is 4.91. The molecule has 0 aliphatic heterocycles. The van der Waals surface area contributed by atoms with Gasteiger partial charge in [-0.25, -0.2) is 8.78 Å². The number of ether oxygens (including phenoxy) is 2. The zero-order valence-corrected chi connectivity index (χ0v) is 16.7. The van der Waals surface area contributed by atoms with Crippen LogP contribution in [0.5, 0.6) is 0 Å². The Kier molecular flexibility index (Phi) is 24.1. The second-order valence-electron chi connectivity index (χ2n) is 4.91. The Morgan fingerprint density at radius 1 is 1.14 bits per heavy atom. The Bertz CT molecular complexity index is 531. The van der Waals surface area contributed by atoms with Crippen molar-refractivity contribution < 1.29 is 32.6 Å². The lowest BCUT2D eigenvalue weighted by atomic mass is 10.3. The zero-order valence-electron chi connectivity index (χ0n) is 16.7. The Labute approximate surface area is 164 Å². The maximum absolute atomic E-state index is 12.3.